The van der Waals surface area contributed by atoms with Crippen molar-refractivity contribution in [1.82, 2.24) is 0 Å². The SMILES string of the molecule is CCCc1c(OC)cc(C=Cc2c(F)c(F)c(F)c(F)c2F)cc1OC. The molecule has 0 heterocycles. The lowest BCUT2D eigenvalue weighted by Crippen LogP contribution is -2.03. The van der Waals surface area contributed by atoms with Crippen molar-refractivity contribution in [1.29, 1.82) is 0 Å². The zero-order valence-corrected chi connectivity index (χ0v) is 14.4. The molecule has 140 valence electrons. The highest BCUT2D eigenvalue weighted by Gasteiger charge is 2.24. The van der Waals surface area contributed by atoms with Crippen molar-refractivity contribution < 1.29 is 31.4 Å². The number of hydrogen-bond donors (Lipinski definition) is 0. The van der Waals surface area contributed by atoms with Gasteiger partial charge in [-0.05, 0) is 30.2 Å². The molecule has 2 nitrogen and oxygen atoms in total. The van der Waals surface area contributed by atoms with Gasteiger partial charge in [-0.2, -0.15) is 0 Å². The molecule has 0 saturated carbocycles. The lowest BCUT2D eigenvalue weighted by molar-refractivity contribution is 0.377. The van der Waals surface area contributed by atoms with Crippen LogP contribution < -0.4 is 9.47 Å². The second-order valence-electron chi connectivity index (χ2n) is 5.47. The van der Waals surface area contributed by atoms with Gasteiger partial charge in [-0.1, -0.05) is 19.4 Å². The number of methoxy groups -OCH3 is 2. The van der Waals surface area contributed by atoms with Gasteiger partial charge in [0.15, 0.2) is 23.3 Å². The van der Waals surface area contributed by atoms with E-state index < -0.39 is 34.6 Å². The fourth-order valence-corrected chi connectivity index (χ4v) is 2.54. The molecule has 0 amide bonds. The quantitative estimate of drug-likeness (QED) is 0.288. The molecule has 0 aromatic heterocycles. The molecule has 2 aromatic rings. The first-order chi connectivity index (χ1) is 12.3. The summed E-state index contributed by atoms with van der Waals surface area (Å²) in [5, 5.41) is 0. The van der Waals surface area contributed by atoms with Crippen molar-refractivity contribution >= 4 is 12.2 Å². The van der Waals surface area contributed by atoms with Gasteiger partial charge in [0.25, 0.3) is 0 Å². The average molecular weight is 372 g/mol. The molecule has 0 N–H and O–H groups in total. The number of benzene rings is 2. The largest absolute Gasteiger partial charge is 0.496 e. The molecular weight excluding hydrogens is 355 g/mol. The maximum Gasteiger partial charge on any atom is 0.200 e. The third-order valence-corrected chi connectivity index (χ3v) is 3.82. The molecule has 2 aromatic carbocycles. The van der Waals surface area contributed by atoms with Crippen LogP contribution in [0, 0.1) is 29.1 Å². The molecule has 2 rings (SSSR count). The molecule has 0 unspecified atom stereocenters. The van der Waals surface area contributed by atoms with Gasteiger partial charge in [0, 0.05) is 5.56 Å². The maximum atomic E-state index is 13.7. The third-order valence-electron chi connectivity index (χ3n) is 3.82. The van der Waals surface area contributed by atoms with Crippen molar-refractivity contribution in [3.8, 4) is 11.5 Å². The lowest BCUT2D eigenvalue weighted by atomic mass is 10.0. The molecular formula is C19H17F5O2. The first kappa shape index (κ1) is 19.8. The minimum atomic E-state index is -2.19. The van der Waals surface area contributed by atoms with E-state index in [0.717, 1.165) is 18.1 Å². The fraction of sp³-hybridized carbons (Fsp3) is 0.263. The van der Waals surface area contributed by atoms with Crippen LogP contribution in [0.15, 0.2) is 12.1 Å². The first-order valence-corrected chi connectivity index (χ1v) is 7.80. The number of rotatable bonds is 6. The molecule has 0 fully saturated rings. The van der Waals surface area contributed by atoms with Crippen molar-refractivity contribution in [3.63, 3.8) is 0 Å². The molecule has 0 radical (unpaired) electrons. The smallest absolute Gasteiger partial charge is 0.200 e. The van der Waals surface area contributed by atoms with Gasteiger partial charge in [-0.15, -0.1) is 0 Å². The first-order valence-electron chi connectivity index (χ1n) is 7.80. The highest BCUT2D eigenvalue weighted by Crippen LogP contribution is 2.33. The Balaban J connectivity index is 2.52. The standard InChI is InChI=1S/C19H17F5O2/c1-4-5-11-13(25-2)8-10(9-14(11)26-3)6-7-12-15(20)17(22)19(24)18(23)16(12)21/h6-9H,4-5H2,1-3H3. The molecule has 7 heteroatoms. The Hall–Kier alpha value is -2.57. The van der Waals surface area contributed by atoms with Gasteiger partial charge in [0.2, 0.25) is 5.82 Å². The van der Waals surface area contributed by atoms with Crippen molar-refractivity contribution in [2.24, 2.45) is 0 Å². The Morgan fingerprint density at radius 2 is 1.23 bits per heavy atom. The molecule has 0 aliphatic carbocycles. The number of halogens is 5. The third kappa shape index (κ3) is 3.66. The van der Waals surface area contributed by atoms with Crippen LogP contribution in [-0.2, 0) is 6.42 Å². The van der Waals surface area contributed by atoms with Gasteiger partial charge in [-0.3, -0.25) is 0 Å². The predicted octanol–water partition coefficient (Wildman–Crippen LogP) is 5.52. The van der Waals surface area contributed by atoms with Gasteiger partial charge in [0.05, 0.1) is 19.8 Å². The van der Waals surface area contributed by atoms with E-state index in [9.17, 15) is 22.0 Å². The van der Waals surface area contributed by atoms with Gasteiger partial charge in [-0.25, -0.2) is 22.0 Å². The topological polar surface area (TPSA) is 18.5 Å². The van der Waals surface area contributed by atoms with Crippen LogP contribution in [0.3, 0.4) is 0 Å². The summed E-state index contributed by atoms with van der Waals surface area (Å²) < 4.78 is 77.7. The molecule has 0 atom stereocenters. The van der Waals surface area contributed by atoms with Crippen LogP contribution in [0.1, 0.15) is 30.0 Å². The van der Waals surface area contributed by atoms with Gasteiger partial charge in [0.1, 0.15) is 11.5 Å². The van der Waals surface area contributed by atoms with E-state index in [0.29, 0.717) is 23.5 Å². The second kappa shape index (κ2) is 8.21. The molecule has 0 spiro atoms. The summed E-state index contributed by atoms with van der Waals surface area (Å²) in [5.74, 6) is -8.94. The molecule has 0 aliphatic heterocycles. The average Bonchev–Trinajstić information content (AvgIpc) is 2.65. The Kier molecular flexibility index (Phi) is 6.23. The molecule has 0 saturated heterocycles. The normalized spacial score (nSPS) is 11.2. The van der Waals surface area contributed by atoms with Gasteiger partial charge >= 0.3 is 0 Å². The van der Waals surface area contributed by atoms with Crippen molar-refractivity contribution in [2.75, 3.05) is 14.2 Å². The van der Waals surface area contributed by atoms with Gasteiger partial charge < -0.3 is 9.47 Å². The zero-order valence-electron chi connectivity index (χ0n) is 14.4. The number of hydrogen-bond acceptors (Lipinski definition) is 2. The summed E-state index contributed by atoms with van der Waals surface area (Å²) >= 11 is 0. The summed E-state index contributed by atoms with van der Waals surface area (Å²) in [5.41, 5.74) is 0.227. The Morgan fingerprint density at radius 3 is 1.65 bits per heavy atom. The van der Waals surface area contributed by atoms with E-state index in [1.54, 1.807) is 12.1 Å². The lowest BCUT2D eigenvalue weighted by Gasteiger charge is -2.14. The highest BCUT2D eigenvalue weighted by molar-refractivity contribution is 5.72. The van der Waals surface area contributed by atoms with Crippen molar-refractivity contribution in [2.45, 2.75) is 19.8 Å². The van der Waals surface area contributed by atoms with E-state index in [1.165, 1.54) is 20.3 Å². The zero-order chi connectivity index (χ0) is 19.4. The maximum absolute atomic E-state index is 13.7. The molecule has 26 heavy (non-hydrogen) atoms. The summed E-state index contributed by atoms with van der Waals surface area (Å²) in [6.45, 7) is 1.98. The van der Waals surface area contributed by atoms with Crippen LogP contribution in [0.25, 0.3) is 12.2 Å². The minimum Gasteiger partial charge on any atom is -0.496 e. The van der Waals surface area contributed by atoms with Crippen LogP contribution in [0.2, 0.25) is 0 Å². The molecule has 0 aliphatic rings. The highest BCUT2D eigenvalue weighted by atomic mass is 19.2. The van der Waals surface area contributed by atoms with E-state index >= 15 is 0 Å². The minimum absolute atomic E-state index is 0.419. The van der Waals surface area contributed by atoms with E-state index in [-0.39, 0.29) is 0 Å². The van der Waals surface area contributed by atoms with Crippen LogP contribution in [0.5, 0.6) is 11.5 Å². The summed E-state index contributed by atoms with van der Waals surface area (Å²) in [4.78, 5) is 0. The predicted molar refractivity (Wildman–Crippen MR) is 88.7 cm³/mol. The Bertz CT molecular complexity index is 792. The number of ether oxygens (including phenoxy) is 2. The fourth-order valence-electron chi connectivity index (χ4n) is 2.54. The Labute approximate surface area is 147 Å². The van der Waals surface area contributed by atoms with Crippen LogP contribution in [-0.4, -0.2) is 14.2 Å². The van der Waals surface area contributed by atoms with E-state index in [2.05, 4.69) is 0 Å². The summed E-state index contributed by atoms with van der Waals surface area (Å²) in [7, 11) is 2.93. The Morgan fingerprint density at radius 1 is 0.769 bits per heavy atom. The summed E-state index contributed by atoms with van der Waals surface area (Å²) in [6, 6.07) is 3.19. The van der Waals surface area contributed by atoms with Crippen LogP contribution >= 0.6 is 0 Å². The van der Waals surface area contributed by atoms with Crippen LogP contribution in [0.4, 0.5) is 22.0 Å². The van der Waals surface area contributed by atoms with E-state index in [1.807, 2.05) is 6.92 Å². The summed E-state index contributed by atoms with van der Waals surface area (Å²) in [6.07, 6.45) is 3.57. The second-order valence-corrected chi connectivity index (χ2v) is 5.47. The van der Waals surface area contributed by atoms with Crippen molar-refractivity contribution in [3.05, 3.63) is 57.9 Å². The monoisotopic (exact) mass is 372 g/mol. The van der Waals surface area contributed by atoms with E-state index in [4.69, 9.17) is 9.47 Å². The molecule has 0 bridgehead atoms.